The maximum atomic E-state index is 13.6. The Kier molecular flexibility index (Phi) is 3.88. The van der Waals surface area contributed by atoms with Crippen molar-refractivity contribution in [2.45, 2.75) is 25.9 Å². The van der Waals surface area contributed by atoms with E-state index in [-0.39, 0.29) is 6.04 Å². The van der Waals surface area contributed by atoms with Gasteiger partial charge in [-0.15, -0.1) is 0 Å². The summed E-state index contributed by atoms with van der Waals surface area (Å²) in [4.78, 5) is 0. The second kappa shape index (κ2) is 5.82. The molecule has 0 spiro atoms. The van der Waals surface area contributed by atoms with Gasteiger partial charge >= 0.3 is 0 Å². The largest absolute Gasteiger partial charge is 0.493 e. The molecule has 1 N–H and O–H groups in total. The Morgan fingerprint density at radius 2 is 2.05 bits per heavy atom. The molecule has 3 rings (SSSR count). The minimum absolute atomic E-state index is 0.0542. The highest BCUT2D eigenvalue weighted by atomic mass is 19.1. The van der Waals surface area contributed by atoms with Crippen molar-refractivity contribution in [3.8, 4) is 5.75 Å². The third-order valence-electron chi connectivity index (χ3n) is 3.82. The number of benzene rings is 2. The van der Waals surface area contributed by atoms with Gasteiger partial charge in [0.05, 0.1) is 6.61 Å². The van der Waals surface area contributed by atoms with Crippen LogP contribution in [0.4, 0.5) is 8.78 Å². The van der Waals surface area contributed by atoms with Crippen LogP contribution in [0, 0.1) is 11.6 Å². The predicted molar refractivity (Wildman–Crippen MR) is 77.3 cm³/mol. The van der Waals surface area contributed by atoms with E-state index >= 15 is 0 Å². The summed E-state index contributed by atoms with van der Waals surface area (Å²) < 4.78 is 32.2. The summed E-state index contributed by atoms with van der Waals surface area (Å²) in [5, 5.41) is 3.23. The SMILES string of the molecule is CC(NCc1cc(F)ccc1F)c1ccc2c(c1)CCO2. The molecule has 2 nitrogen and oxygen atoms in total. The zero-order chi connectivity index (χ0) is 14.8. The molecule has 0 radical (unpaired) electrons. The van der Waals surface area contributed by atoms with E-state index in [0.29, 0.717) is 12.1 Å². The second-order valence-electron chi connectivity index (χ2n) is 5.30. The summed E-state index contributed by atoms with van der Waals surface area (Å²) in [7, 11) is 0. The molecule has 1 aliphatic heterocycles. The van der Waals surface area contributed by atoms with Crippen molar-refractivity contribution in [3.63, 3.8) is 0 Å². The van der Waals surface area contributed by atoms with Crippen LogP contribution < -0.4 is 10.1 Å². The quantitative estimate of drug-likeness (QED) is 0.925. The first-order chi connectivity index (χ1) is 10.1. The van der Waals surface area contributed by atoms with Crippen molar-refractivity contribution in [3.05, 3.63) is 64.7 Å². The molecule has 21 heavy (non-hydrogen) atoms. The van der Waals surface area contributed by atoms with E-state index in [9.17, 15) is 8.78 Å². The van der Waals surface area contributed by atoms with Gasteiger partial charge in [0.15, 0.2) is 0 Å². The number of ether oxygens (including phenoxy) is 1. The zero-order valence-electron chi connectivity index (χ0n) is 11.8. The Labute approximate surface area is 122 Å². The molecule has 0 saturated carbocycles. The molecule has 1 aliphatic rings. The van der Waals surface area contributed by atoms with Crippen LogP contribution in [-0.2, 0) is 13.0 Å². The molecule has 2 aromatic rings. The first-order valence-corrected chi connectivity index (χ1v) is 7.06. The van der Waals surface area contributed by atoms with Crippen molar-refractivity contribution in [1.82, 2.24) is 5.32 Å². The maximum absolute atomic E-state index is 13.6. The lowest BCUT2D eigenvalue weighted by molar-refractivity contribution is 0.356. The first-order valence-electron chi connectivity index (χ1n) is 7.06. The topological polar surface area (TPSA) is 21.3 Å². The van der Waals surface area contributed by atoms with Crippen molar-refractivity contribution < 1.29 is 13.5 Å². The highest BCUT2D eigenvalue weighted by Crippen LogP contribution is 2.28. The van der Waals surface area contributed by atoms with E-state index in [2.05, 4.69) is 11.4 Å². The normalized spacial score (nSPS) is 14.6. The van der Waals surface area contributed by atoms with Crippen molar-refractivity contribution in [2.24, 2.45) is 0 Å². The highest BCUT2D eigenvalue weighted by Gasteiger charge is 2.14. The minimum atomic E-state index is -0.421. The lowest BCUT2D eigenvalue weighted by atomic mass is 10.0. The summed E-state index contributed by atoms with van der Waals surface area (Å²) >= 11 is 0. The molecular weight excluding hydrogens is 272 g/mol. The molecule has 0 saturated heterocycles. The molecule has 1 atom stereocenters. The summed E-state index contributed by atoms with van der Waals surface area (Å²) in [5.41, 5.74) is 2.67. The fourth-order valence-electron chi connectivity index (χ4n) is 2.54. The third-order valence-corrected chi connectivity index (χ3v) is 3.82. The number of hydrogen-bond donors (Lipinski definition) is 1. The smallest absolute Gasteiger partial charge is 0.127 e. The molecule has 2 aromatic carbocycles. The lowest BCUT2D eigenvalue weighted by Crippen LogP contribution is -2.19. The van der Waals surface area contributed by atoms with Gasteiger partial charge < -0.3 is 10.1 Å². The van der Waals surface area contributed by atoms with E-state index in [0.717, 1.165) is 36.5 Å². The summed E-state index contributed by atoms with van der Waals surface area (Å²) in [5.74, 6) is 0.135. The van der Waals surface area contributed by atoms with Gasteiger partial charge in [-0.25, -0.2) is 8.78 Å². The zero-order valence-corrected chi connectivity index (χ0v) is 11.8. The Balaban J connectivity index is 1.69. The van der Waals surface area contributed by atoms with Gasteiger partial charge in [0.2, 0.25) is 0 Å². The molecule has 4 heteroatoms. The summed E-state index contributed by atoms with van der Waals surface area (Å²) in [6, 6.07) is 9.65. The molecule has 1 unspecified atom stereocenters. The standard InChI is InChI=1S/C17H17F2NO/c1-11(12-2-5-17-13(8-12)6-7-21-17)20-10-14-9-15(18)3-4-16(14)19/h2-5,8-9,11,20H,6-7,10H2,1H3. The second-order valence-corrected chi connectivity index (χ2v) is 5.30. The Morgan fingerprint density at radius 3 is 2.90 bits per heavy atom. The van der Waals surface area contributed by atoms with Crippen molar-refractivity contribution in [2.75, 3.05) is 6.61 Å². The fourth-order valence-corrected chi connectivity index (χ4v) is 2.54. The van der Waals surface area contributed by atoms with Crippen LogP contribution in [0.25, 0.3) is 0 Å². The molecule has 110 valence electrons. The van der Waals surface area contributed by atoms with E-state index < -0.39 is 11.6 Å². The van der Waals surface area contributed by atoms with Gasteiger partial charge in [0.1, 0.15) is 17.4 Å². The Hall–Kier alpha value is -1.94. The molecule has 1 heterocycles. The minimum Gasteiger partial charge on any atom is -0.493 e. The Morgan fingerprint density at radius 1 is 1.19 bits per heavy atom. The monoisotopic (exact) mass is 289 g/mol. The number of halogens is 2. The van der Waals surface area contributed by atoms with Crippen LogP contribution in [0.5, 0.6) is 5.75 Å². The molecule has 0 aromatic heterocycles. The number of rotatable bonds is 4. The van der Waals surface area contributed by atoms with Gasteiger partial charge in [0, 0.05) is 24.6 Å². The molecule has 0 amide bonds. The van der Waals surface area contributed by atoms with E-state index in [1.54, 1.807) is 0 Å². The van der Waals surface area contributed by atoms with Crippen LogP contribution in [0.1, 0.15) is 29.7 Å². The van der Waals surface area contributed by atoms with Crippen LogP contribution in [0.15, 0.2) is 36.4 Å². The summed E-state index contributed by atoms with van der Waals surface area (Å²) in [6.45, 7) is 3.03. The van der Waals surface area contributed by atoms with Gasteiger partial charge in [-0.1, -0.05) is 12.1 Å². The van der Waals surface area contributed by atoms with Crippen LogP contribution in [-0.4, -0.2) is 6.61 Å². The molecule has 0 aliphatic carbocycles. The molecular formula is C17H17F2NO. The van der Waals surface area contributed by atoms with Crippen molar-refractivity contribution in [1.29, 1.82) is 0 Å². The molecule has 0 fully saturated rings. The highest BCUT2D eigenvalue weighted by molar-refractivity contribution is 5.40. The van der Waals surface area contributed by atoms with Crippen LogP contribution >= 0.6 is 0 Å². The predicted octanol–water partition coefficient (Wildman–Crippen LogP) is 3.75. The van der Waals surface area contributed by atoms with Crippen LogP contribution in [0.2, 0.25) is 0 Å². The third kappa shape index (κ3) is 3.05. The van der Waals surface area contributed by atoms with Gasteiger partial charge in [-0.3, -0.25) is 0 Å². The lowest BCUT2D eigenvalue weighted by Gasteiger charge is -2.15. The number of fused-ring (bicyclic) bond motifs is 1. The Bertz CT molecular complexity index is 657. The van der Waals surface area contributed by atoms with E-state index in [1.807, 2.05) is 19.1 Å². The molecule has 0 bridgehead atoms. The number of hydrogen-bond acceptors (Lipinski definition) is 2. The first kappa shape index (κ1) is 14.0. The average Bonchev–Trinajstić information content (AvgIpc) is 2.95. The van der Waals surface area contributed by atoms with Crippen molar-refractivity contribution >= 4 is 0 Å². The maximum Gasteiger partial charge on any atom is 0.127 e. The van der Waals surface area contributed by atoms with Gasteiger partial charge in [-0.05, 0) is 42.3 Å². The van der Waals surface area contributed by atoms with Crippen LogP contribution in [0.3, 0.4) is 0 Å². The van der Waals surface area contributed by atoms with Gasteiger partial charge in [-0.2, -0.15) is 0 Å². The van der Waals surface area contributed by atoms with E-state index in [4.69, 9.17) is 4.74 Å². The van der Waals surface area contributed by atoms with E-state index in [1.165, 1.54) is 11.6 Å². The fraction of sp³-hybridized carbons (Fsp3) is 0.294. The number of nitrogens with one attached hydrogen (secondary N) is 1. The van der Waals surface area contributed by atoms with Gasteiger partial charge in [0.25, 0.3) is 0 Å². The average molecular weight is 289 g/mol. The summed E-state index contributed by atoms with van der Waals surface area (Å²) in [6.07, 6.45) is 0.925.